The standard InChI is InChI=1S/C21H24F2N4O5/c1-12(2)32-7-3-6-26-11-25-27-10-15(18(28)19(29)17(27)21(26)31)20(30)24-9-13-4-5-14(22)8-16(13)23/h4-5,8,10,12,25,29H,3,6-7,9,11H2,1-2H3,(H,24,30). The summed E-state index contributed by atoms with van der Waals surface area (Å²) in [6.07, 6.45) is 1.74. The van der Waals surface area contributed by atoms with Crippen molar-refractivity contribution in [2.75, 3.05) is 25.2 Å². The van der Waals surface area contributed by atoms with Gasteiger partial charge in [-0.1, -0.05) is 6.07 Å². The second kappa shape index (κ2) is 9.77. The van der Waals surface area contributed by atoms with Gasteiger partial charge in [0.05, 0.1) is 6.10 Å². The lowest BCUT2D eigenvalue weighted by Crippen LogP contribution is -2.47. The molecule has 0 atom stereocenters. The third-order valence-electron chi connectivity index (χ3n) is 4.83. The van der Waals surface area contributed by atoms with Crippen LogP contribution >= 0.6 is 0 Å². The van der Waals surface area contributed by atoms with Crippen LogP contribution in [0.4, 0.5) is 8.78 Å². The van der Waals surface area contributed by atoms with Crippen molar-refractivity contribution in [3.05, 3.63) is 63.1 Å². The van der Waals surface area contributed by atoms with Crippen LogP contribution in [-0.4, -0.2) is 52.4 Å². The van der Waals surface area contributed by atoms with Crippen LogP contribution in [0, 0.1) is 11.6 Å². The third kappa shape index (κ3) is 5.05. The number of ether oxygens (including phenoxy) is 1. The number of nitrogens with zero attached hydrogens (tertiary/aromatic N) is 2. The van der Waals surface area contributed by atoms with Gasteiger partial charge in [0.15, 0.2) is 11.4 Å². The topological polar surface area (TPSA) is 113 Å². The molecule has 0 saturated heterocycles. The van der Waals surface area contributed by atoms with Crippen molar-refractivity contribution in [1.82, 2.24) is 14.9 Å². The summed E-state index contributed by atoms with van der Waals surface area (Å²) in [4.78, 5) is 39.1. The minimum Gasteiger partial charge on any atom is -0.502 e. The molecule has 2 amide bonds. The monoisotopic (exact) mass is 450 g/mol. The van der Waals surface area contributed by atoms with Crippen molar-refractivity contribution in [2.24, 2.45) is 0 Å². The molecule has 0 saturated carbocycles. The van der Waals surface area contributed by atoms with E-state index in [1.165, 1.54) is 11.0 Å². The average molecular weight is 450 g/mol. The number of aromatic nitrogens is 1. The number of carbonyl (C=O) groups is 2. The summed E-state index contributed by atoms with van der Waals surface area (Å²) in [6, 6.07) is 2.89. The van der Waals surface area contributed by atoms with E-state index in [0.717, 1.165) is 16.9 Å². The van der Waals surface area contributed by atoms with Gasteiger partial charge in [-0.15, -0.1) is 0 Å². The molecule has 3 rings (SSSR count). The summed E-state index contributed by atoms with van der Waals surface area (Å²) in [7, 11) is 0. The minimum absolute atomic E-state index is 0.0208. The van der Waals surface area contributed by atoms with Crippen LogP contribution in [0.2, 0.25) is 0 Å². The van der Waals surface area contributed by atoms with E-state index in [1.54, 1.807) is 0 Å². The Morgan fingerprint density at radius 3 is 2.75 bits per heavy atom. The summed E-state index contributed by atoms with van der Waals surface area (Å²) in [6.45, 7) is 4.39. The number of hydrogen-bond acceptors (Lipinski definition) is 6. The van der Waals surface area contributed by atoms with Gasteiger partial charge in [0.1, 0.15) is 23.9 Å². The average Bonchev–Trinajstić information content (AvgIpc) is 2.73. The highest BCUT2D eigenvalue weighted by atomic mass is 19.1. The van der Waals surface area contributed by atoms with Crippen molar-refractivity contribution in [1.29, 1.82) is 0 Å². The highest BCUT2D eigenvalue weighted by Crippen LogP contribution is 2.19. The van der Waals surface area contributed by atoms with Crippen LogP contribution in [0.3, 0.4) is 0 Å². The van der Waals surface area contributed by atoms with E-state index in [9.17, 15) is 28.3 Å². The molecule has 1 aromatic heterocycles. The van der Waals surface area contributed by atoms with Crippen LogP contribution in [-0.2, 0) is 11.3 Å². The molecular weight excluding hydrogens is 426 g/mol. The predicted molar refractivity (Wildman–Crippen MR) is 111 cm³/mol. The van der Waals surface area contributed by atoms with E-state index in [0.29, 0.717) is 25.6 Å². The first-order chi connectivity index (χ1) is 15.2. The van der Waals surface area contributed by atoms with Crippen LogP contribution in [0.1, 0.15) is 46.7 Å². The second-order valence-electron chi connectivity index (χ2n) is 7.52. The van der Waals surface area contributed by atoms with Crippen LogP contribution in [0.25, 0.3) is 0 Å². The van der Waals surface area contributed by atoms with Gasteiger partial charge in [-0.25, -0.2) is 8.78 Å². The number of amides is 2. The number of carbonyl (C=O) groups excluding carboxylic acids is 2. The van der Waals surface area contributed by atoms with Crippen LogP contribution in [0.5, 0.6) is 5.75 Å². The zero-order chi connectivity index (χ0) is 23.4. The Kier molecular flexibility index (Phi) is 7.08. The Bertz CT molecular complexity index is 1090. The van der Waals surface area contributed by atoms with Gasteiger partial charge in [-0.2, -0.15) is 0 Å². The second-order valence-corrected chi connectivity index (χ2v) is 7.52. The van der Waals surface area contributed by atoms with Gasteiger partial charge >= 0.3 is 0 Å². The van der Waals surface area contributed by atoms with Crippen molar-refractivity contribution in [2.45, 2.75) is 32.9 Å². The number of nitrogens with one attached hydrogen (secondary N) is 2. The fourth-order valence-corrected chi connectivity index (χ4v) is 3.17. The number of benzene rings is 1. The van der Waals surface area contributed by atoms with Crippen molar-refractivity contribution >= 4 is 11.8 Å². The molecule has 2 aromatic rings. The van der Waals surface area contributed by atoms with Gasteiger partial charge in [-0.05, 0) is 26.3 Å². The van der Waals surface area contributed by atoms with E-state index in [1.807, 2.05) is 13.8 Å². The fourth-order valence-electron chi connectivity index (χ4n) is 3.17. The van der Waals surface area contributed by atoms with Crippen molar-refractivity contribution in [3.63, 3.8) is 0 Å². The molecule has 11 heteroatoms. The van der Waals surface area contributed by atoms with Gasteiger partial charge < -0.3 is 25.5 Å². The van der Waals surface area contributed by atoms with E-state index in [4.69, 9.17) is 4.74 Å². The Balaban J connectivity index is 1.73. The van der Waals surface area contributed by atoms with Gasteiger partial charge in [0.2, 0.25) is 5.43 Å². The normalized spacial score (nSPS) is 13.2. The molecular formula is C21H24F2N4O5. The number of fused-ring (bicyclic) bond motifs is 1. The van der Waals surface area contributed by atoms with Crippen LogP contribution in [0.15, 0.2) is 29.2 Å². The summed E-state index contributed by atoms with van der Waals surface area (Å²) in [5.74, 6) is -3.92. The predicted octanol–water partition coefficient (Wildman–Crippen LogP) is 1.53. The zero-order valence-electron chi connectivity index (χ0n) is 17.7. The number of pyridine rings is 1. The van der Waals surface area contributed by atoms with Crippen molar-refractivity contribution in [3.8, 4) is 5.75 Å². The molecule has 9 nitrogen and oxygen atoms in total. The molecule has 0 radical (unpaired) electrons. The lowest BCUT2D eigenvalue weighted by Gasteiger charge is -2.31. The fraction of sp³-hybridized carbons (Fsp3) is 0.381. The molecule has 2 heterocycles. The minimum atomic E-state index is -1.03. The molecule has 0 unspecified atom stereocenters. The molecule has 1 aromatic carbocycles. The number of aromatic hydroxyl groups is 1. The lowest BCUT2D eigenvalue weighted by atomic mass is 10.1. The Labute approximate surface area is 182 Å². The maximum absolute atomic E-state index is 13.7. The smallest absolute Gasteiger partial charge is 0.277 e. The van der Waals surface area contributed by atoms with Gasteiger partial charge in [0, 0.05) is 37.5 Å². The molecule has 172 valence electrons. The first kappa shape index (κ1) is 23.2. The Morgan fingerprint density at radius 2 is 2.06 bits per heavy atom. The van der Waals surface area contributed by atoms with Gasteiger partial charge in [-0.3, -0.25) is 19.1 Å². The SMILES string of the molecule is CC(C)OCCCN1CNn2cc(C(=O)NCc3ccc(F)cc3F)c(=O)c(O)c2C1=O. The molecule has 3 N–H and O–H groups in total. The quantitative estimate of drug-likeness (QED) is 0.526. The third-order valence-corrected chi connectivity index (χ3v) is 4.83. The van der Waals surface area contributed by atoms with Crippen LogP contribution < -0.4 is 16.2 Å². The molecule has 1 aliphatic heterocycles. The number of hydrogen-bond donors (Lipinski definition) is 3. The zero-order valence-corrected chi connectivity index (χ0v) is 17.7. The van der Waals surface area contributed by atoms with Crippen molar-refractivity contribution < 1.29 is 28.2 Å². The number of rotatable bonds is 8. The summed E-state index contributed by atoms with van der Waals surface area (Å²) in [5, 5.41) is 12.7. The number of halogens is 2. The lowest BCUT2D eigenvalue weighted by molar-refractivity contribution is 0.0596. The molecule has 0 bridgehead atoms. The Hall–Kier alpha value is -3.47. The molecule has 0 aliphatic carbocycles. The first-order valence-corrected chi connectivity index (χ1v) is 10.0. The van der Waals surface area contributed by atoms with E-state index in [2.05, 4.69) is 10.7 Å². The molecule has 32 heavy (non-hydrogen) atoms. The largest absolute Gasteiger partial charge is 0.502 e. The highest BCUT2D eigenvalue weighted by molar-refractivity contribution is 5.99. The summed E-state index contributed by atoms with van der Waals surface area (Å²) < 4.78 is 33.3. The maximum atomic E-state index is 13.7. The molecule has 0 fully saturated rings. The molecule has 1 aliphatic rings. The highest BCUT2D eigenvalue weighted by Gasteiger charge is 2.30. The van der Waals surface area contributed by atoms with E-state index in [-0.39, 0.29) is 30.6 Å². The van der Waals surface area contributed by atoms with E-state index >= 15 is 0 Å². The first-order valence-electron chi connectivity index (χ1n) is 10.0. The maximum Gasteiger partial charge on any atom is 0.277 e. The summed E-state index contributed by atoms with van der Waals surface area (Å²) in [5.41, 5.74) is 1.11. The summed E-state index contributed by atoms with van der Waals surface area (Å²) >= 11 is 0. The van der Waals surface area contributed by atoms with Gasteiger partial charge in [0.25, 0.3) is 11.8 Å². The Morgan fingerprint density at radius 1 is 1.31 bits per heavy atom. The molecule has 0 spiro atoms. The van der Waals surface area contributed by atoms with E-state index < -0.39 is 40.2 Å².